The van der Waals surface area contributed by atoms with Crippen LogP contribution in [-0.2, 0) is 9.53 Å². The molecule has 0 fully saturated rings. The number of methoxy groups -OCH3 is 1. The van der Waals surface area contributed by atoms with Crippen molar-refractivity contribution in [3.05, 3.63) is 0 Å². The van der Waals surface area contributed by atoms with Gasteiger partial charge in [0.05, 0.1) is 19.1 Å². The Bertz CT molecular complexity index is 98.5. The molecule has 0 aliphatic heterocycles. The maximum absolute atomic E-state index is 10.6. The third kappa shape index (κ3) is 2.46. The maximum Gasteiger partial charge on any atom is 0.310 e. The average molecular weight is 132 g/mol. The van der Waals surface area contributed by atoms with Gasteiger partial charge < -0.3 is 9.84 Å². The number of carbonyl (C=O) groups is 1. The molecular weight excluding hydrogens is 120 g/mol. The lowest BCUT2D eigenvalue weighted by Crippen LogP contribution is -2.23. The summed E-state index contributed by atoms with van der Waals surface area (Å²) < 4.78 is 4.37. The molecule has 0 rings (SSSR count). The first-order valence-electron chi connectivity index (χ1n) is 2.85. The molecule has 0 aromatic heterocycles. The van der Waals surface area contributed by atoms with Crippen LogP contribution in [-0.4, -0.2) is 24.3 Å². The van der Waals surface area contributed by atoms with Gasteiger partial charge in [-0.1, -0.05) is 0 Å². The number of hydrogen-bond donors (Lipinski definition) is 1. The SMILES string of the molecule is COC(=O)[C@H](C)C(C)O. The Morgan fingerprint density at radius 3 is 2.11 bits per heavy atom. The van der Waals surface area contributed by atoms with E-state index in [1.165, 1.54) is 7.11 Å². The predicted molar refractivity (Wildman–Crippen MR) is 32.9 cm³/mol. The van der Waals surface area contributed by atoms with Crippen molar-refractivity contribution >= 4 is 5.97 Å². The zero-order valence-corrected chi connectivity index (χ0v) is 5.92. The summed E-state index contributed by atoms with van der Waals surface area (Å²) in [5.74, 6) is -0.792. The van der Waals surface area contributed by atoms with Gasteiger partial charge in [0.1, 0.15) is 0 Å². The number of carbonyl (C=O) groups excluding carboxylic acids is 1. The number of rotatable bonds is 2. The molecule has 0 heterocycles. The molecule has 0 radical (unpaired) electrons. The van der Waals surface area contributed by atoms with Crippen LogP contribution in [0, 0.1) is 5.92 Å². The third-order valence-electron chi connectivity index (χ3n) is 1.30. The largest absolute Gasteiger partial charge is 0.469 e. The normalized spacial score (nSPS) is 16.4. The van der Waals surface area contributed by atoms with E-state index in [1.807, 2.05) is 0 Å². The first kappa shape index (κ1) is 8.43. The highest BCUT2D eigenvalue weighted by molar-refractivity contribution is 5.72. The van der Waals surface area contributed by atoms with Crippen LogP contribution in [0.1, 0.15) is 13.8 Å². The second-order valence-corrected chi connectivity index (χ2v) is 2.05. The Labute approximate surface area is 54.6 Å². The van der Waals surface area contributed by atoms with E-state index < -0.39 is 12.0 Å². The maximum atomic E-state index is 10.6. The molecule has 0 spiro atoms. The minimum atomic E-state index is -0.627. The molecular formula is C6H12O3. The molecule has 0 saturated heterocycles. The van der Waals surface area contributed by atoms with Crippen LogP contribution in [0.25, 0.3) is 0 Å². The fourth-order valence-corrected chi connectivity index (χ4v) is 0.383. The van der Waals surface area contributed by atoms with Crippen molar-refractivity contribution in [2.45, 2.75) is 20.0 Å². The number of aliphatic hydroxyl groups excluding tert-OH is 1. The van der Waals surface area contributed by atoms with Crippen LogP contribution in [0.15, 0.2) is 0 Å². The quantitative estimate of drug-likeness (QED) is 0.545. The summed E-state index contributed by atoms with van der Waals surface area (Å²) in [5, 5.41) is 8.82. The molecule has 0 aliphatic carbocycles. The molecule has 0 aromatic carbocycles. The summed E-state index contributed by atoms with van der Waals surface area (Å²) in [6.45, 7) is 3.18. The lowest BCUT2D eigenvalue weighted by Gasteiger charge is -2.10. The smallest absolute Gasteiger partial charge is 0.310 e. The van der Waals surface area contributed by atoms with Crippen molar-refractivity contribution in [3.8, 4) is 0 Å². The second kappa shape index (κ2) is 3.45. The lowest BCUT2D eigenvalue weighted by atomic mass is 10.1. The molecule has 2 atom stereocenters. The van der Waals surface area contributed by atoms with Gasteiger partial charge in [-0.15, -0.1) is 0 Å². The molecule has 0 amide bonds. The highest BCUT2D eigenvalue weighted by Gasteiger charge is 2.17. The number of ether oxygens (including phenoxy) is 1. The summed E-state index contributed by atoms with van der Waals surface area (Å²) in [4.78, 5) is 10.6. The molecule has 3 heteroatoms. The van der Waals surface area contributed by atoms with Gasteiger partial charge in [0, 0.05) is 0 Å². The van der Waals surface area contributed by atoms with Crippen LogP contribution < -0.4 is 0 Å². The molecule has 0 aliphatic rings. The minimum Gasteiger partial charge on any atom is -0.469 e. The van der Waals surface area contributed by atoms with Gasteiger partial charge in [-0.25, -0.2) is 0 Å². The molecule has 1 unspecified atom stereocenters. The molecule has 0 saturated carbocycles. The number of esters is 1. The zero-order chi connectivity index (χ0) is 7.44. The molecule has 9 heavy (non-hydrogen) atoms. The predicted octanol–water partition coefficient (Wildman–Crippen LogP) is 0.176. The Balaban J connectivity index is 3.72. The van der Waals surface area contributed by atoms with Crippen LogP contribution in [0.4, 0.5) is 0 Å². The van der Waals surface area contributed by atoms with Crippen molar-refractivity contribution in [3.63, 3.8) is 0 Å². The van der Waals surface area contributed by atoms with Crippen molar-refractivity contribution in [1.29, 1.82) is 0 Å². The number of aliphatic hydroxyl groups is 1. The van der Waals surface area contributed by atoms with Crippen LogP contribution in [0.5, 0.6) is 0 Å². The van der Waals surface area contributed by atoms with E-state index in [2.05, 4.69) is 4.74 Å². The monoisotopic (exact) mass is 132 g/mol. The molecule has 0 bridgehead atoms. The summed E-state index contributed by atoms with van der Waals surface area (Å²) >= 11 is 0. The van der Waals surface area contributed by atoms with E-state index in [1.54, 1.807) is 13.8 Å². The van der Waals surface area contributed by atoms with E-state index in [-0.39, 0.29) is 5.97 Å². The van der Waals surface area contributed by atoms with Crippen LogP contribution in [0.3, 0.4) is 0 Å². The molecule has 0 aromatic rings. The van der Waals surface area contributed by atoms with E-state index in [9.17, 15) is 4.79 Å². The average Bonchev–Trinajstić information content (AvgIpc) is 1.84. The van der Waals surface area contributed by atoms with E-state index in [4.69, 9.17) is 5.11 Å². The van der Waals surface area contributed by atoms with Gasteiger partial charge >= 0.3 is 5.97 Å². The third-order valence-corrected chi connectivity index (χ3v) is 1.30. The van der Waals surface area contributed by atoms with Crippen molar-refractivity contribution in [2.24, 2.45) is 5.92 Å². The Morgan fingerprint density at radius 1 is 1.56 bits per heavy atom. The summed E-state index contributed by atoms with van der Waals surface area (Å²) in [6.07, 6.45) is -0.627. The first-order valence-corrected chi connectivity index (χ1v) is 2.85. The van der Waals surface area contributed by atoms with Gasteiger partial charge in [0.15, 0.2) is 0 Å². The highest BCUT2D eigenvalue weighted by Crippen LogP contribution is 2.02. The van der Waals surface area contributed by atoms with Crippen molar-refractivity contribution in [1.82, 2.24) is 0 Å². The van der Waals surface area contributed by atoms with Gasteiger partial charge in [-0.2, -0.15) is 0 Å². The second-order valence-electron chi connectivity index (χ2n) is 2.05. The van der Waals surface area contributed by atoms with Gasteiger partial charge in [-0.3, -0.25) is 4.79 Å². The Kier molecular flexibility index (Phi) is 3.24. The van der Waals surface area contributed by atoms with Crippen LogP contribution in [0.2, 0.25) is 0 Å². The molecule has 1 N–H and O–H groups in total. The molecule has 3 nitrogen and oxygen atoms in total. The van der Waals surface area contributed by atoms with Gasteiger partial charge in [0.25, 0.3) is 0 Å². The highest BCUT2D eigenvalue weighted by atomic mass is 16.5. The van der Waals surface area contributed by atoms with Crippen molar-refractivity contribution in [2.75, 3.05) is 7.11 Å². The lowest BCUT2D eigenvalue weighted by molar-refractivity contribution is -0.148. The zero-order valence-electron chi connectivity index (χ0n) is 5.92. The number of hydrogen-bond acceptors (Lipinski definition) is 3. The standard InChI is InChI=1S/C6H12O3/c1-4(5(2)7)6(8)9-3/h4-5,7H,1-3H3/t4-,5?/m1/s1. The van der Waals surface area contributed by atoms with Gasteiger partial charge in [-0.05, 0) is 13.8 Å². The fourth-order valence-electron chi connectivity index (χ4n) is 0.383. The Morgan fingerprint density at radius 2 is 2.00 bits per heavy atom. The topological polar surface area (TPSA) is 46.5 Å². The minimum absolute atomic E-state index is 0.370. The van der Waals surface area contributed by atoms with E-state index in [0.717, 1.165) is 0 Å². The Hall–Kier alpha value is -0.570. The van der Waals surface area contributed by atoms with E-state index >= 15 is 0 Å². The van der Waals surface area contributed by atoms with Crippen LogP contribution >= 0.6 is 0 Å². The van der Waals surface area contributed by atoms with Gasteiger partial charge in [0.2, 0.25) is 0 Å². The van der Waals surface area contributed by atoms with Crippen molar-refractivity contribution < 1.29 is 14.6 Å². The summed E-state index contributed by atoms with van der Waals surface area (Å²) in [6, 6.07) is 0. The first-order chi connectivity index (χ1) is 4.09. The summed E-state index contributed by atoms with van der Waals surface area (Å²) in [7, 11) is 1.31. The van der Waals surface area contributed by atoms with E-state index in [0.29, 0.717) is 0 Å². The summed E-state index contributed by atoms with van der Waals surface area (Å²) in [5.41, 5.74) is 0. The fraction of sp³-hybridized carbons (Fsp3) is 0.833. The molecule has 54 valence electrons.